The topological polar surface area (TPSA) is 49.7 Å². The van der Waals surface area contributed by atoms with Gasteiger partial charge in [0.05, 0.1) is 5.69 Å². The normalized spacial score (nSPS) is 14.9. The average molecular weight is 364 g/mol. The smallest absolute Gasteiger partial charge is 0.106 e. The molecule has 5 nitrogen and oxygen atoms in total. The van der Waals surface area contributed by atoms with Gasteiger partial charge in [-0.3, -0.25) is 9.58 Å². The van der Waals surface area contributed by atoms with Crippen LogP contribution in [0.1, 0.15) is 42.5 Å². The molecule has 1 N–H and O–H groups in total. The van der Waals surface area contributed by atoms with Crippen molar-refractivity contribution >= 4 is 0 Å². The third-order valence-electron chi connectivity index (χ3n) is 5.51. The Morgan fingerprint density at radius 1 is 1.11 bits per heavy atom. The minimum Gasteiger partial charge on any atom is -0.345 e. The van der Waals surface area contributed by atoms with Crippen LogP contribution in [0.25, 0.3) is 11.3 Å². The molecule has 0 fully saturated rings. The maximum atomic E-state index is 4.83. The van der Waals surface area contributed by atoms with Gasteiger partial charge in [0.15, 0.2) is 0 Å². The zero-order valence-electron chi connectivity index (χ0n) is 16.4. The summed E-state index contributed by atoms with van der Waals surface area (Å²) in [5, 5.41) is 4.83. The van der Waals surface area contributed by atoms with Crippen molar-refractivity contribution < 1.29 is 0 Å². The highest BCUT2D eigenvalue weighted by Crippen LogP contribution is 2.28. The lowest BCUT2D eigenvalue weighted by molar-refractivity contribution is 0.275. The highest BCUT2D eigenvalue weighted by molar-refractivity contribution is 5.64. The van der Waals surface area contributed by atoms with Crippen LogP contribution in [0.4, 0.5) is 0 Å². The molecule has 1 aliphatic heterocycles. The van der Waals surface area contributed by atoms with Gasteiger partial charge in [-0.15, -0.1) is 0 Å². The number of imidazole rings is 1. The van der Waals surface area contributed by atoms with Crippen molar-refractivity contribution in [2.45, 2.75) is 45.6 Å². The number of aryl methyl sites for hydroxylation is 2. The van der Waals surface area contributed by atoms with Gasteiger partial charge in [-0.1, -0.05) is 43.7 Å². The predicted molar refractivity (Wildman–Crippen MR) is 109 cm³/mol. The van der Waals surface area contributed by atoms with E-state index in [0.29, 0.717) is 0 Å². The summed E-state index contributed by atoms with van der Waals surface area (Å²) in [6.45, 7) is 5.28. The molecule has 27 heavy (non-hydrogen) atoms. The summed E-state index contributed by atoms with van der Waals surface area (Å²) in [6.07, 6.45) is 7.56. The predicted octanol–water partition coefficient (Wildman–Crippen LogP) is 3.75. The summed E-state index contributed by atoms with van der Waals surface area (Å²) in [5.74, 6) is 1.13. The molecule has 0 spiro atoms. The second kappa shape index (κ2) is 8.09. The minimum atomic E-state index is 0.946. The van der Waals surface area contributed by atoms with Crippen molar-refractivity contribution in [2.75, 3.05) is 13.1 Å². The lowest BCUT2D eigenvalue weighted by atomic mass is 10.0. The van der Waals surface area contributed by atoms with E-state index in [1.807, 2.05) is 6.20 Å². The summed E-state index contributed by atoms with van der Waals surface area (Å²) in [6, 6.07) is 10.6. The molecule has 0 radical (unpaired) electrons. The Labute approximate surface area is 161 Å². The number of aromatic amines is 1. The van der Waals surface area contributed by atoms with E-state index in [1.165, 1.54) is 35.4 Å². The van der Waals surface area contributed by atoms with Crippen molar-refractivity contribution in [1.82, 2.24) is 24.6 Å². The van der Waals surface area contributed by atoms with Gasteiger partial charge >= 0.3 is 0 Å². The molecule has 0 unspecified atom stereocenters. The lowest BCUT2D eigenvalue weighted by Crippen LogP contribution is -2.26. The van der Waals surface area contributed by atoms with E-state index < -0.39 is 0 Å². The van der Waals surface area contributed by atoms with E-state index in [-0.39, 0.29) is 0 Å². The Hall–Kier alpha value is -2.40. The maximum absolute atomic E-state index is 4.83. The molecular weight excluding hydrogens is 334 g/mol. The largest absolute Gasteiger partial charge is 0.345 e. The molecule has 0 aliphatic carbocycles. The number of hydrogen-bond acceptors (Lipinski definition) is 3. The minimum absolute atomic E-state index is 0.946. The molecule has 4 rings (SSSR count). The van der Waals surface area contributed by atoms with E-state index in [9.17, 15) is 0 Å². The first-order chi connectivity index (χ1) is 13.2. The van der Waals surface area contributed by atoms with Crippen LogP contribution in [0, 0.1) is 0 Å². The van der Waals surface area contributed by atoms with Crippen LogP contribution in [0.2, 0.25) is 0 Å². The number of H-pyrrole nitrogens is 1. The molecule has 142 valence electrons. The Morgan fingerprint density at radius 3 is 2.74 bits per heavy atom. The zero-order chi connectivity index (χ0) is 18.6. The summed E-state index contributed by atoms with van der Waals surface area (Å²) >= 11 is 0. The van der Waals surface area contributed by atoms with Gasteiger partial charge < -0.3 is 4.98 Å². The van der Waals surface area contributed by atoms with Crippen molar-refractivity contribution in [3.8, 4) is 11.3 Å². The maximum Gasteiger partial charge on any atom is 0.106 e. The van der Waals surface area contributed by atoms with Crippen LogP contribution in [0.15, 0.2) is 36.5 Å². The van der Waals surface area contributed by atoms with Crippen molar-refractivity contribution in [3.05, 3.63) is 59.3 Å². The number of nitrogens with one attached hydrogen (secondary N) is 1. The molecule has 3 aromatic rings. The quantitative estimate of drug-likeness (QED) is 0.725. The average Bonchev–Trinajstić information content (AvgIpc) is 3.19. The molecule has 0 atom stereocenters. The Balaban J connectivity index is 1.46. The highest BCUT2D eigenvalue weighted by Gasteiger charge is 2.22. The van der Waals surface area contributed by atoms with Gasteiger partial charge in [0, 0.05) is 68.2 Å². The van der Waals surface area contributed by atoms with Crippen LogP contribution in [-0.2, 0) is 32.9 Å². The molecule has 5 heteroatoms. The second-order valence-corrected chi connectivity index (χ2v) is 7.50. The van der Waals surface area contributed by atoms with Gasteiger partial charge in [-0.05, 0) is 12.8 Å². The van der Waals surface area contributed by atoms with Crippen LogP contribution in [-0.4, -0.2) is 37.7 Å². The summed E-state index contributed by atoms with van der Waals surface area (Å²) in [4.78, 5) is 10.6. The first-order valence-electron chi connectivity index (χ1n) is 10.1. The number of benzene rings is 1. The number of fused-ring (bicyclic) bond motifs is 1. The molecule has 1 aromatic carbocycles. The molecule has 3 heterocycles. The lowest BCUT2D eigenvalue weighted by Gasteiger charge is -2.18. The number of nitrogens with zero attached hydrogens (tertiary/aromatic N) is 4. The van der Waals surface area contributed by atoms with Crippen LogP contribution in [0.5, 0.6) is 0 Å². The third kappa shape index (κ3) is 3.98. The van der Waals surface area contributed by atoms with Gasteiger partial charge in [0.25, 0.3) is 0 Å². The van der Waals surface area contributed by atoms with Crippen molar-refractivity contribution in [2.24, 2.45) is 7.05 Å². The van der Waals surface area contributed by atoms with E-state index >= 15 is 0 Å². The van der Waals surface area contributed by atoms with Crippen LogP contribution in [0.3, 0.4) is 0 Å². The molecule has 0 saturated heterocycles. The fraction of sp³-hybridized carbons (Fsp3) is 0.455. The van der Waals surface area contributed by atoms with E-state index in [1.54, 1.807) is 0 Å². The number of hydrogen-bond donors (Lipinski definition) is 1. The molecule has 1 aliphatic rings. The van der Waals surface area contributed by atoms with Gasteiger partial charge in [0.2, 0.25) is 0 Å². The number of unbranched alkanes of at least 4 members (excludes halogenated alkanes) is 1. The Kier molecular flexibility index (Phi) is 5.39. The molecule has 2 aromatic heterocycles. The Morgan fingerprint density at radius 2 is 1.93 bits per heavy atom. The molecule has 0 saturated carbocycles. The molecular formula is C22H29N5. The highest BCUT2D eigenvalue weighted by atomic mass is 15.3. The summed E-state index contributed by atoms with van der Waals surface area (Å²) < 4.78 is 2.08. The van der Waals surface area contributed by atoms with Crippen molar-refractivity contribution in [3.63, 3.8) is 0 Å². The fourth-order valence-electron chi connectivity index (χ4n) is 4.01. The monoisotopic (exact) mass is 363 g/mol. The standard InChI is InChI=1S/C22H29N5/c1-3-4-10-21-23-15-18(24-21)16-27-13-11-19-20(12-14-27)26(2)25-22(19)17-8-6-5-7-9-17/h5-9,15H,3-4,10-14,16H2,1-2H3,(H,23,24). The van der Waals surface area contributed by atoms with Gasteiger partial charge in [-0.2, -0.15) is 5.10 Å². The number of rotatable bonds is 6. The first-order valence-corrected chi connectivity index (χ1v) is 10.1. The third-order valence-corrected chi connectivity index (χ3v) is 5.51. The van der Waals surface area contributed by atoms with Crippen LogP contribution >= 0.6 is 0 Å². The Bertz CT molecular complexity index is 878. The van der Waals surface area contributed by atoms with E-state index in [4.69, 9.17) is 5.10 Å². The summed E-state index contributed by atoms with van der Waals surface area (Å²) in [5.41, 5.74) is 6.40. The summed E-state index contributed by atoms with van der Waals surface area (Å²) in [7, 11) is 2.08. The number of aromatic nitrogens is 4. The van der Waals surface area contributed by atoms with E-state index in [0.717, 1.165) is 50.4 Å². The van der Waals surface area contributed by atoms with Crippen LogP contribution < -0.4 is 0 Å². The fourth-order valence-corrected chi connectivity index (χ4v) is 4.01. The van der Waals surface area contributed by atoms with Crippen molar-refractivity contribution in [1.29, 1.82) is 0 Å². The zero-order valence-corrected chi connectivity index (χ0v) is 16.4. The second-order valence-electron chi connectivity index (χ2n) is 7.50. The van der Waals surface area contributed by atoms with E-state index in [2.05, 4.69) is 63.9 Å². The SMILES string of the molecule is CCCCc1ncc(CN2CCc3c(-c4ccccc4)nn(C)c3CC2)[nH]1. The molecule has 0 amide bonds. The first kappa shape index (κ1) is 18.0. The van der Waals surface area contributed by atoms with Gasteiger partial charge in [0.1, 0.15) is 5.82 Å². The van der Waals surface area contributed by atoms with Gasteiger partial charge in [-0.25, -0.2) is 4.98 Å². The molecule has 0 bridgehead atoms.